The Hall–Kier alpha value is -1.63. The van der Waals surface area contributed by atoms with Gasteiger partial charge in [0.1, 0.15) is 5.60 Å². The fourth-order valence-electron chi connectivity index (χ4n) is 2.55. The Morgan fingerprint density at radius 3 is 2.76 bits per heavy atom. The summed E-state index contributed by atoms with van der Waals surface area (Å²) in [5.41, 5.74) is 0.436. The van der Waals surface area contributed by atoms with Crippen LogP contribution in [0.1, 0.15) is 45.7 Å². The molecular weight excluding hydrogens is 270 g/mol. The van der Waals surface area contributed by atoms with Gasteiger partial charge in [0.25, 0.3) is 0 Å². The highest BCUT2D eigenvalue weighted by molar-refractivity contribution is 5.68. The average molecular weight is 295 g/mol. The summed E-state index contributed by atoms with van der Waals surface area (Å²) >= 11 is 0. The second-order valence-electron chi connectivity index (χ2n) is 6.55. The third-order valence-corrected chi connectivity index (χ3v) is 3.41. The second-order valence-corrected chi connectivity index (χ2v) is 6.55. The number of nitrogens with zero attached hydrogens (tertiary/aromatic N) is 3. The van der Waals surface area contributed by atoms with Gasteiger partial charge in [0, 0.05) is 31.9 Å². The third-order valence-electron chi connectivity index (χ3n) is 3.41. The zero-order valence-corrected chi connectivity index (χ0v) is 13.2. The molecule has 7 heteroatoms. The number of amides is 1. The van der Waals surface area contributed by atoms with E-state index < -0.39 is 5.60 Å². The summed E-state index contributed by atoms with van der Waals surface area (Å²) in [5, 5.41) is 14.4. The first-order valence-corrected chi connectivity index (χ1v) is 7.41. The summed E-state index contributed by atoms with van der Waals surface area (Å²) < 4.78 is 6.99. The van der Waals surface area contributed by atoms with E-state index in [-0.39, 0.29) is 18.2 Å². The minimum atomic E-state index is -0.467. The van der Waals surface area contributed by atoms with Crippen molar-refractivity contribution in [2.45, 2.75) is 64.3 Å². The Bertz CT molecular complexity index is 480. The molecule has 0 aromatic carbocycles. The summed E-state index contributed by atoms with van der Waals surface area (Å²) in [6, 6.07) is 0.357. The number of hydrogen-bond donors (Lipinski definition) is 2. The van der Waals surface area contributed by atoms with Gasteiger partial charge in [-0.15, -0.1) is 5.10 Å². The number of rotatable bonds is 4. The number of hydrogen-bond acceptors (Lipinski definition) is 5. The van der Waals surface area contributed by atoms with E-state index in [0.717, 1.165) is 25.0 Å². The van der Waals surface area contributed by atoms with Crippen LogP contribution >= 0.6 is 0 Å². The summed E-state index contributed by atoms with van der Waals surface area (Å²) in [7, 11) is 1.85. The summed E-state index contributed by atoms with van der Waals surface area (Å²) in [6.45, 7) is 6.26. The highest BCUT2D eigenvalue weighted by Crippen LogP contribution is 2.20. The lowest BCUT2D eigenvalue weighted by Crippen LogP contribution is -2.47. The Kier molecular flexibility index (Phi) is 4.82. The Balaban J connectivity index is 1.81. The smallest absolute Gasteiger partial charge is 0.407 e. The first-order valence-electron chi connectivity index (χ1n) is 7.41. The zero-order valence-electron chi connectivity index (χ0n) is 13.2. The average Bonchev–Trinajstić information content (AvgIpc) is 2.93. The SMILES string of the molecule is Cn1cc(CNC2CCCC2NC(=O)OC(C)(C)C)nn1. The van der Waals surface area contributed by atoms with Gasteiger partial charge >= 0.3 is 6.09 Å². The van der Waals surface area contributed by atoms with Crippen molar-refractivity contribution in [1.29, 1.82) is 0 Å². The van der Waals surface area contributed by atoms with Crippen LogP contribution in [-0.4, -0.2) is 38.8 Å². The highest BCUT2D eigenvalue weighted by atomic mass is 16.6. The Morgan fingerprint density at radius 2 is 2.14 bits per heavy atom. The Morgan fingerprint density at radius 1 is 1.43 bits per heavy atom. The molecule has 0 aliphatic heterocycles. The molecule has 0 bridgehead atoms. The van der Waals surface area contributed by atoms with Gasteiger partial charge in [-0.1, -0.05) is 5.21 Å². The van der Waals surface area contributed by atoms with E-state index in [4.69, 9.17) is 4.74 Å². The summed E-state index contributed by atoms with van der Waals surface area (Å²) in [5.74, 6) is 0. The molecule has 2 rings (SSSR count). The van der Waals surface area contributed by atoms with Crippen LogP contribution in [0.2, 0.25) is 0 Å². The molecule has 0 radical (unpaired) electrons. The lowest BCUT2D eigenvalue weighted by Gasteiger charge is -2.25. The van der Waals surface area contributed by atoms with Gasteiger partial charge in [-0.2, -0.15) is 0 Å². The third kappa shape index (κ3) is 5.00. The van der Waals surface area contributed by atoms with Gasteiger partial charge in [0.15, 0.2) is 0 Å². The standard InChI is InChI=1S/C14H25N5O2/c1-14(2,3)21-13(20)16-12-7-5-6-11(12)15-8-10-9-19(4)18-17-10/h9,11-12,15H,5-8H2,1-4H3,(H,16,20). The van der Waals surface area contributed by atoms with Crippen LogP contribution in [0.5, 0.6) is 0 Å². The van der Waals surface area contributed by atoms with Crippen molar-refractivity contribution in [2.24, 2.45) is 7.05 Å². The van der Waals surface area contributed by atoms with E-state index in [0.29, 0.717) is 6.54 Å². The number of aromatic nitrogens is 3. The number of carbonyl (C=O) groups excluding carboxylic acids is 1. The number of aryl methyl sites for hydroxylation is 1. The molecule has 1 aromatic rings. The van der Waals surface area contributed by atoms with Gasteiger partial charge in [0.2, 0.25) is 0 Å². The molecule has 1 saturated carbocycles. The molecule has 1 heterocycles. The van der Waals surface area contributed by atoms with E-state index in [9.17, 15) is 4.79 Å². The maximum absolute atomic E-state index is 11.9. The van der Waals surface area contributed by atoms with Crippen LogP contribution in [0.3, 0.4) is 0 Å². The normalized spacial score (nSPS) is 22.3. The number of carbonyl (C=O) groups is 1. The monoisotopic (exact) mass is 295 g/mol. The quantitative estimate of drug-likeness (QED) is 0.876. The van der Waals surface area contributed by atoms with Crippen LogP contribution in [0.15, 0.2) is 6.20 Å². The largest absolute Gasteiger partial charge is 0.444 e. The summed E-state index contributed by atoms with van der Waals surface area (Å²) in [4.78, 5) is 11.9. The van der Waals surface area contributed by atoms with Crippen molar-refractivity contribution in [3.63, 3.8) is 0 Å². The van der Waals surface area contributed by atoms with Crippen molar-refractivity contribution in [2.75, 3.05) is 0 Å². The molecule has 2 unspecified atom stereocenters. The predicted molar refractivity (Wildman–Crippen MR) is 78.6 cm³/mol. The zero-order chi connectivity index (χ0) is 15.5. The maximum Gasteiger partial charge on any atom is 0.407 e. The fourth-order valence-corrected chi connectivity index (χ4v) is 2.55. The lowest BCUT2D eigenvalue weighted by molar-refractivity contribution is 0.0498. The topological polar surface area (TPSA) is 81.1 Å². The van der Waals surface area contributed by atoms with Gasteiger partial charge < -0.3 is 15.4 Å². The van der Waals surface area contributed by atoms with Gasteiger partial charge in [-0.05, 0) is 40.0 Å². The number of nitrogens with one attached hydrogen (secondary N) is 2. The van der Waals surface area contributed by atoms with Crippen molar-refractivity contribution >= 4 is 6.09 Å². The lowest BCUT2D eigenvalue weighted by atomic mass is 10.1. The number of ether oxygens (including phenoxy) is 1. The molecule has 0 saturated heterocycles. The molecule has 1 aliphatic carbocycles. The fraction of sp³-hybridized carbons (Fsp3) is 0.786. The van der Waals surface area contributed by atoms with Crippen LogP contribution in [0, 0.1) is 0 Å². The van der Waals surface area contributed by atoms with E-state index in [2.05, 4.69) is 20.9 Å². The second kappa shape index (κ2) is 6.43. The molecule has 7 nitrogen and oxygen atoms in total. The molecule has 118 valence electrons. The van der Waals surface area contributed by atoms with Crippen molar-refractivity contribution in [3.8, 4) is 0 Å². The first-order chi connectivity index (χ1) is 9.83. The molecule has 0 spiro atoms. The molecular formula is C14H25N5O2. The van der Waals surface area contributed by atoms with Crippen molar-refractivity contribution < 1.29 is 9.53 Å². The summed E-state index contributed by atoms with van der Waals surface area (Å²) in [6.07, 6.45) is 4.65. The molecule has 1 aliphatic rings. The van der Waals surface area contributed by atoms with Crippen molar-refractivity contribution in [3.05, 3.63) is 11.9 Å². The van der Waals surface area contributed by atoms with Gasteiger partial charge in [0.05, 0.1) is 5.69 Å². The highest BCUT2D eigenvalue weighted by Gasteiger charge is 2.29. The first kappa shape index (κ1) is 15.8. The minimum absolute atomic E-state index is 0.108. The van der Waals surface area contributed by atoms with Crippen LogP contribution in [0.4, 0.5) is 4.79 Å². The molecule has 21 heavy (non-hydrogen) atoms. The maximum atomic E-state index is 11.9. The van der Waals surface area contributed by atoms with Gasteiger partial charge in [-0.3, -0.25) is 4.68 Å². The molecule has 1 amide bonds. The van der Waals surface area contributed by atoms with Crippen LogP contribution in [-0.2, 0) is 18.3 Å². The van der Waals surface area contributed by atoms with E-state index in [1.54, 1.807) is 4.68 Å². The molecule has 1 aromatic heterocycles. The van der Waals surface area contributed by atoms with Crippen molar-refractivity contribution in [1.82, 2.24) is 25.6 Å². The van der Waals surface area contributed by atoms with Crippen LogP contribution in [0.25, 0.3) is 0 Å². The van der Waals surface area contributed by atoms with E-state index in [1.807, 2.05) is 34.0 Å². The van der Waals surface area contributed by atoms with Gasteiger partial charge in [-0.25, -0.2) is 4.79 Å². The molecule has 1 fully saturated rings. The minimum Gasteiger partial charge on any atom is -0.444 e. The predicted octanol–water partition coefficient (Wildman–Crippen LogP) is 1.35. The molecule has 2 atom stereocenters. The molecule has 2 N–H and O–H groups in total. The number of alkyl carbamates (subject to hydrolysis) is 1. The van der Waals surface area contributed by atoms with E-state index in [1.165, 1.54) is 0 Å². The Labute approximate surface area is 125 Å². The van der Waals surface area contributed by atoms with E-state index >= 15 is 0 Å². The van der Waals surface area contributed by atoms with Crippen LogP contribution < -0.4 is 10.6 Å².